The summed E-state index contributed by atoms with van der Waals surface area (Å²) in [4.78, 5) is 13.1. The van der Waals surface area contributed by atoms with Crippen molar-refractivity contribution in [3.05, 3.63) is 60.2 Å². The first-order valence-electron chi connectivity index (χ1n) is 7.59. The molecule has 0 aromatic heterocycles. The van der Waals surface area contributed by atoms with E-state index in [0.29, 0.717) is 19.7 Å². The number of nitrogens with zero attached hydrogens (tertiary/aromatic N) is 1. The Morgan fingerprint density at radius 3 is 2.74 bits per heavy atom. The van der Waals surface area contributed by atoms with Crippen LogP contribution >= 0.6 is 0 Å². The monoisotopic (exact) mass is 313 g/mol. The first-order valence-corrected chi connectivity index (χ1v) is 7.59. The second-order valence-electron chi connectivity index (χ2n) is 5.50. The van der Waals surface area contributed by atoms with Gasteiger partial charge in [-0.2, -0.15) is 0 Å². The molecule has 1 atom stereocenters. The average molecular weight is 313 g/mol. The molecule has 23 heavy (non-hydrogen) atoms. The Bertz CT molecular complexity index is 659. The van der Waals surface area contributed by atoms with Gasteiger partial charge in [-0.3, -0.25) is 4.90 Å². The standard InChI is InChI=1S/C18H19NO4/c20-18(21)17-13-19(9-10-22-17)12-14-5-4-8-16(11-14)23-15-6-2-1-3-7-15/h1-8,11,17H,9-10,12-13H2,(H,20,21). The van der Waals surface area contributed by atoms with Crippen LogP contribution in [0.1, 0.15) is 5.56 Å². The van der Waals surface area contributed by atoms with Crippen LogP contribution in [0.5, 0.6) is 11.5 Å². The number of benzene rings is 2. The fourth-order valence-corrected chi connectivity index (χ4v) is 2.59. The van der Waals surface area contributed by atoms with Crippen molar-refractivity contribution in [3.8, 4) is 11.5 Å². The Morgan fingerprint density at radius 2 is 1.96 bits per heavy atom. The van der Waals surface area contributed by atoms with Gasteiger partial charge in [0.25, 0.3) is 0 Å². The molecule has 5 nitrogen and oxygen atoms in total. The van der Waals surface area contributed by atoms with Gasteiger partial charge in [0.2, 0.25) is 0 Å². The van der Waals surface area contributed by atoms with E-state index in [9.17, 15) is 4.79 Å². The van der Waals surface area contributed by atoms with Crippen molar-refractivity contribution >= 4 is 5.97 Å². The molecule has 120 valence electrons. The molecule has 1 fully saturated rings. The van der Waals surface area contributed by atoms with Gasteiger partial charge in [-0.15, -0.1) is 0 Å². The maximum absolute atomic E-state index is 11.0. The number of ether oxygens (including phenoxy) is 2. The fraction of sp³-hybridized carbons (Fsp3) is 0.278. The molecule has 5 heteroatoms. The Kier molecular flexibility index (Phi) is 4.90. The first kappa shape index (κ1) is 15.5. The normalized spacial score (nSPS) is 18.5. The number of rotatable bonds is 5. The number of hydrogen-bond donors (Lipinski definition) is 1. The van der Waals surface area contributed by atoms with E-state index in [0.717, 1.165) is 23.6 Å². The number of carboxylic acids is 1. The molecule has 1 saturated heterocycles. The lowest BCUT2D eigenvalue weighted by molar-refractivity contribution is -0.156. The van der Waals surface area contributed by atoms with Crippen LogP contribution in [0.3, 0.4) is 0 Å². The lowest BCUT2D eigenvalue weighted by atomic mass is 10.1. The summed E-state index contributed by atoms with van der Waals surface area (Å²) in [6, 6.07) is 17.5. The zero-order valence-electron chi connectivity index (χ0n) is 12.7. The van der Waals surface area contributed by atoms with E-state index in [1.165, 1.54) is 0 Å². The van der Waals surface area contributed by atoms with Crippen molar-refractivity contribution in [2.45, 2.75) is 12.6 Å². The second-order valence-corrected chi connectivity index (χ2v) is 5.50. The fourth-order valence-electron chi connectivity index (χ4n) is 2.59. The molecular weight excluding hydrogens is 294 g/mol. The molecule has 1 heterocycles. The number of para-hydroxylation sites is 1. The number of morpholine rings is 1. The highest BCUT2D eigenvalue weighted by Gasteiger charge is 2.26. The average Bonchev–Trinajstić information content (AvgIpc) is 2.56. The molecule has 2 aromatic rings. The van der Waals surface area contributed by atoms with Gasteiger partial charge >= 0.3 is 5.97 Å². The number of aliphatic carboxylic acids is 1. The largest absolute Gasteiger partial charge is 0.479 e. The van der Waals surface area contributed by atoms with Crippen molar-refractivity contribution in [1.82, 2.24) is 4.90 Å². The van der Waals surface area contributed by atoms with Crippen LogP contribution in [0.4, 0.5) is 0 Å². The minimum Gasteiger partial charge on any atom is -0.479 e. The molecule has 1 aliphatic rings. The van der Waals surface area contributed by atoms with Crippen LogP contribution in [-0.2, 0) is 16.1 Å². The van der Waals surface area contributed by atoms with E-state index < -0.39 is 12.1 Å². The molecule has 1 N–H and O–H groups in total. The quantitative estimate of drug-likeness (QED) is 0.920. The zero-order chi connectivity index (χ0) is 16.1. The summed E-state index contributed by atoms with van der Waals surface area (Å²) in [5, 5.41) is 9.06. The molecule has 0 aliphatic carbocycles. The van der Waals surface area contributed by atoms with Gasteiger partial charge in [-0.1, -0.05) is 30.3 Å². The molecule has 1 aliphatic heterocycles. The summed E-state index contributed by atoms with van der Waals surface area (Å²) in [5.41, 5.74) is 1.09. The van der Waals surface area contributed by atoms with Crippen LogP contribution in [0.25, 0.3) is 0 Å². The van der Waals surface area contributed by atoms with Gasteiger partial charge < -0.3 is 14.6 Å². The zero-order valence-corrected chi connectivity index (χ0v) is 12.7. The van der Waals surface area contributed by atoms with Crippen LogP contribution in [0, 0.1) is 0 Å². The van der Waals surface area contributed by atoms with Crippen LogP contribution in [-0.4, -0.2) is 41.8 Å². The molecular formula is C18H19NO4. The molecule has 2 aromatic carbocycles. The van der Waals surface area contributed by atoms with E-state index in [1.807, 2.05) is 54.6 Å². The minimum atomic E-state index is -0.907. The van der Waals surface area contributed by atoms with Crippen molar-refractivity contribution in [2.24, 2.45) is 0 Å². The second kappa shape index (κ2) is 7.26. The lowest BCUT2D eigenvalue weighted by Crippen LogP contribution is -2.45. The minimum absolute atomic E-state index is 0.402. The SMILES string of the molecule is O=C(O)C1CN(Cc2cccc(Oc3ccccc3)c2)CCO1. The Hall–Kier alpha value is -2.37. The smallest absolute Gasteiger partial charge is 0.334 e. The van der Waals surface area contributed by atoms with Crippen LogP contribution in [0.15, 0.2) is 54.6 Å². The highest BCUT2D eigenvalue weighted by Crippen LogP contribution is 2.22. The predicted molar refractivity (Wildman–Crippen MR) is 85.6 cm³/mol. The summed E-state index contributed by atoms with van der Waals surface area (Å²) >= 11 is 0. The molecule has 3 rings (SSSR count). The molecule has 1 unspecified atom stereocenters. The van der Waals surface area contributed by atoms with E-state index in [4.69, 9.17) is 14.6 Å². The van der Waals surface area contributed by atoms with Crippen LogP contribution in [0.2, 0.25) is 0 Å². The summed E-state index contributed by atoms with van der Waals surface area (Å²) in [6.45, 7) is 2.25. The molecule has 0 amide bonds. The van der Waals surface area contributed by atoms with E-state index in [-0.39, 0.29) is 0 Å². The van der Waals surface area contributed by atoms with Crippen molar-refractivity contribution in [3.63, 3.8) is 0 Å². The van der Waals surface area contributed by atoms with Gasteiger partial charge in [-0.25, -0.2) is 4.79 Å². The molecule has 0 saturated carbocycles. The Morgan fingerprint density at radius 1 is 1.17 bits per heavy atom. The third-order valence-electron chi connectivity index (χ3n) is 3.71. The molecule has 0 bridgehead atoms. The Balaban J connectivity index is 1.64. The van der Waals surface area contributed by atoms with E-state index in [1.54, 1.807) is 0 Å². The van der Waals surface area contributed by atoms with Gasteiger partial charge in [0.05, 0.1) is 6.61 Å². The summed E-state index contributed by atoms with van der Waals surface area (Å²) in [6.07, 6.45) is -0.743. The molecule has 0 radical (unpaired) electrons. The predicted octanol–water partition coefficient (Wildman–Crippen LogP) is 2.76. The van der Waals surface area contributed by atoms with Gasteiger partial charge in [0.15, 0.2) is 6.10 Å². The number of hydrogen-bond acceptors (Lipinski definition) is 4. The third kappa shape index (κ3) is 4.31. The number of carboxylic acid groups (broad SMARTS) is 1. The lowest BCUT2D eigenvalue weighted by Gasteiger charge is -2.30. The summed E-state index contributed by atoms with van der Waals surface area (Å²) in [5.74, 6) is 0.662. The van der Waals surface area contributed by atoms with Gasteiger partial charge in [0, 0.05) is 19.6 Å². The van der Waals surface area contributed by atoms with Crippen molar-refractivity contribution in [1.29, 1.82) is 0 Å². The summed E-state index contributed by atoms with van der Waals surface area (Å²) < 4.78 is 11.1. The maximum Gasteiger partial charge on any atom is 0.334 e. The topological polar surface area (TPSA) is 59.0 Å². The van der Waals surface area contributed by atoms with Gasteiger partial charge in [-0.05, 0) is 29.8 Å². The maximum atomic E-state index is 11.0. The van der Waals surface area contributed by atoms with Crippen LogP contribution < -0.4 is 4.74 Å². The van der Waals surface area contributed by atoms with Crippen molar-refractivity contribution < 1.29 is 19.4 Å². The van der Waals surface area contributed by atoms with Crippen molar-refractivity contribution in [2.75, 3.05) is 19.7 Å². The first-order chi connectivity index (χ1) is 11.2. The van der Waals surface area contributed by atoms with Gasteiger partial charge in [0.1, 0.15) is 11.5 Å². The van der Waals surface area contributed by atoms with E-state index >= 15 is 0 Å². The van der Waals surface area contributed by atoms with E-state index in [2.05, 4.69) is 4.90 Å². The summed E-state index contributed by atoms with van der Waals surface area (Å²) in [7, 11) is 0. The molecule has 0 spiro atoms. The third-order valence-corrected chi connectivity index (χ3v) is 3.71. The number of carbonyl (C=O) groups is 1. The highest BCUT2D eigenvalue weighted by molar-refractivity contribution is 5.72. The Labute approximate surface area is 135 Å². The highest BCUT2D eigenvalue weighted by atomic mass is 16.5.